The fourth-order valence-corrected chi connectivity index (χ4v) is 3.61. The average Bonchev–Trinajstić information content (AvgIpc) is 3.15. The maximum absolute atomic E-state index is 6.20. The van der Waals surface area contributed by atoms with E-state index in [2.05, 4.69) is 48.3 Å². The Hall–Kier alpha value is -0.930. The van der Waals surface area contributed by atoms with Crippen LogP contribution < -0.4 is 20.3 Å². The van der Waals surface area contributed by atoms with E-state index < -0.39 is 0 Å². The van der Waals surface area contributed by atoms with Crippen molar-refractivity contribution in [3.05, 3.63) is 23.2 Å². The highest BCUT2D eigenvalue weighted by Crippen LogP contribution is 2.33. The third kappa shape index (κ3) is 8.67. The van der Waals surface area contributed by atoms with Crippen molar-refractivity contribution in [2.45, 2.75) is 52.1 Å². The number of nitrogens with one attached hydrogen (secondary N) is 2. The molecule has 0 spiro atoms. The van der Waals surface area contributed by atoms with Gasteiger partial charge in [0.1, 0.15) is 5.75 Å². The van der Waals surface area contributed by atoms with Gasteiger partial charge in [-0.1, -0.05) is 11.6 Å². The van der Waals surface area contributed by atoms with E-state index >= 15 is 0 Å². The van der Waals surface area contributed by atoms with Crippen LogP contribution in [-0.2, 0) is 0 Å². The molecule has 1 fully saturated rings. The fraction of sp³-hybridized carbons (Fsp3) is 0.682. The zero-order chi connectivity index (χ0) is 21.2. The molecular formula is C22H39ClIN5O. The van der Waals surface area contributed by atoms with Crippen molar-refractivity contribution in [1.29, 1.82) is 0 Å². The molecule has 172 valence electrons. The summed E-state index contributed by atoms with van der Waals surface area (Å²) in [6.07, 6.45) is 3.33. The molecule has 0 saturated carbocycles. The number of aliphatic imine (C=N–C) groups is 1. The largest absolute Gasteiger partial charge is 0.495 e. The summed E-state index contributed by atoms with van der Waals surface area (Å²) in [6.45, 7) is 11.3. The molecule has 1 aromatic rings. The minimum absolute atomic E-state index is 0. The highest BCUT2D eigenvalue weighted by Gasteiger charge is 2.25. The van der Waals surface area contributed by atoms with Crippen LogP contribution in [0, 0.1) is 0 Å². The second-order valence-corrected chi connectivity index (χ2v) is 8.37. The monoisotopic (exact) mass is 551 g/mol. The molecule has 1 aliphatic heterocycles. The van der Waals surface area contributed by atoms with Gasteiger partial charge in [0.15, 0.2) is 5.96 Å². The number of benzene rings is 1. The SMILES string of the molecule is CCNC(=NCCCCN(C)C(C)C)NC1CCN(c2cc(Cl)ccc2OC)C1.I. The fourth-order valence-electron chi connectivity index (χ4n) is 3.44. The molecule has 1 saturated heterocycles. The quantitative estimate of drug-likeness (QED) is 0.197. The summed E-state index contributed by atoms with van der Waals surface area (Å²) in [4.78, 5) is 9.48. The van der Waals surface area contributed by atoms with Crippen molar-refractivity contribution in [3.8, 4) is 5.75 Å². The molecule has 1 heterocycles. The van der Waals surface area contributed by atoms with E-state index in [1.807, 2.05) is 18.2 Å². The Morgan fingerprint density at radius 3 is 2.80 bits per heavy atom. The average molecular weight is 552 g/mol. The first kappa shape index (κ1) is 27.1. The molecule has 30 heavy (non-hydrogen) atoms. The number of rotatable bonds is 10. The molecule has 2 rings (SSSR count). The number of unbranched alkanes of at least 4 members (excludes halogenated alkanes) is 1. The van der Waals surface area contributed by atoms with Crippen molar-refractivity contribution in [1.82, 2.24) is 15.5 Å². The van der Waals surface area contributed by atoms with Crippen LogP contribution in [0.5, 0.6) is 5.75 Å². The predicted molar refractivity (Wildman–Crippen MR) is 140 cm³/mol. The molecule has 0 amide bonds. The van der Waals surface area contributed by atoms with Gasteiger partial charge in [-0.05, 0) is 71.8 Å². The number of anilines is 1. The van der Waals surface area contributed by atoms with E-state index in [1.54, 1.807) is 7.11 Å². The molecule has 1 atom stereocenters. The summed E-state index contributed by atoms with van der Waals surface area (Å²) in [6, 6.07) is 6.73. The molecule has 1 aliphatic rings. The van der Waals surface area contributed by atoms with Crippen molar-refractivity contribution < 1.29 is 4.74 Å². The van der Waals surface area contributed by atoms with Gasteiger partial charge >= 0.3 is 0 Å². The van der Waals surface area contributed by atoms with Gasteiger partial charge in [-0.25, -0.2) is 0 Å². The zero-order valence-corrected chi connectivity index (χ0v) is 22.2. The Bertz CT molecular complexity index is 658. The maximum Gasteiger partial charge on any atom is 0.191 e. The molecule has 8 heteroatoms. The van der Waals surface area contributed by atoms with Crippen molar-refractivity contribution in [2.75, 3.05) is 51.8 Å². The summed E-state index contributed by atoms with van der Waals surface area (Å²) in [5, 5.41) is 7.71. The number of ether oxygens (including phenoxy) is 1. The van der Waals surface area contributed by atoms with E-state index in [9.17, 15) is 0 Å². The first-order chi connectivity index (χ1) is 13.9. The first-order valence-corrected chi connectivity index (χ1v) is 11.2. The normalized spacial score (nSPS) is 16.7. The van der Waals surface area contributed by atoms with Gasteiger partial charge in [-0.15, -0.1) is 24.0 Å². The summed E-state index contributed by atoms with van der Waals surface area (Å²) < 4.78 is 5.51. The molecule has 0 aromatic heterocycles. The first-order valence-electron chi connectivity index (χ1n) is 10.8. The molecule has 6 nitrogen and oxygen atoms in total. The van der Waals surface area contributed by atoms with E-state index in [-0.39, 0.29) is 24.0 Å². The third-order valence-corrected chi connectivity index (χ3v) is 5.66. The number of methoxy groups -OCH3 is 1. The van der Waals surface area contributed by atoms with Crippen LogP contribution in [0.2, 0.25) is 5.02 Å². The number of hydrogen-bond acceptors (Lipinski definition) is 4. The smallest absolute Gasteiger partial charge is 0.191 e. The lowest BCUT2D eigenvalue weighted by Gasteiger charge is -2.22. The number of halogens is 2. The highest BCUT2D eigenvalue weighted by atomic mass is 127. The number of hydrogen-bond donors (Lipinski definition) is 2. The van der Waals surface area contributed by atoms with Gasteiger partial charge in [-0.3, -0.25) is 4.99 Å². The lowest BCUT2D eigenvalue weighted by Crippen LogP contribution is -2.44. The molecule has 0 bridgehead atoms. The van der Waals surface area contributed by atoms with Gasteiger partial charge < -0.3 is 25.2 Å². The Morgan fingerprint density at radius 2 is 2.13 bits per heavy atom. The molecule has 0 radical (unpaired) electrons. The summed E-state index contributed by atoms with van der Waals surface area (Å²) >= 11 is 6.20. The van der Waals surface area contributed by atoms with Gasteiger partial charge in [0.05, 0.1) is 12.8 Å². The minimum atomic E-state index is 0. The highest BCUT2D eigenvalue weighted by molar-refractivity contribution is 14.0. The molecule has 1 unspecified atom stereocenters. The van der Waals surface area contributed by atoms with Crippen LogP contribution in [0.1, 0.15) is 40.0 Å². The van der Waals surface area contributed by atoms with E-state index in [4.69, 9.17) is 21.3 Å². The van der Waals surface area contributed by atoms with Crippen LogP contribution in [0.15, 0.2) is 23.2 Å². The van der Waals surface area contributed by atoms with Gasteiger partial charge in [0.2, 0.25) is 0 Å². The summed E-state index contributed by atoms with van der Waals surface area (Å²) in [7, 11) is 3.88. The van der Waals surface area contributed by atoms with Crippen molar-refractivity contribution >= 4 is 47.2 Å². The second-order valence-electron chi connectivity index (χ2n) is 7.93. The number of guanidine groups is 1. The van der Waals surface area contributed by atoms with E-state index in [0.29, 0.717) is 12.1 Å². The maximum atomic E-state index is 6.20. The van der Waals surface area contributed by atoms with Crippen LogP contribution >= 0.6 is 35.6 Å². The molecule has 1 aromatic carbocycles. The number of nitrogens with zero attached hydrogens (tertiary/aromatic N) is 3. The zero-order valence-electron chi connectivity index (χ0n) is 19.1. The standard InChI is InChI=1S/C22H38ClN5O.HI/c1-6-24-22(25-12-7-8-13-27(4)17(2)3)26-19-11-14-28(16-19)20-15-18(23)9-10-21(20)29-5;/h9-10,15,17,19H,6-8,11-14,16H2,1-5H3,(H2,24,25,26);1H. The predicted octanol–water partition coefficient (Wildman–Crippen LogP) is 4.22. The van der Waals surface area contributed by atoms with Gasteiger partial charge in [0.25, 0.3) is 0 Å². The van der Waals surface area contributed by atoms with E-state index in [1.165, 1.54) is 6.42 Å². The third-order valence-electron chi connectivity index (χ3n) is 5.43. The van der Waals surface area contributed by atoms with Gasteiger partial charge in [0, 0.05) is 43.3 Å². The van der Waals surface area contributed by atoms with Crippen molar-refractivity contribution in [3.63, 3.8) is 0 Å². The van der Waals surface area contributed by atoms with Crippen LogP contribution in [0.4, 0.5) is 5.69 Å². The Balaban J connectivity index is 0.00000450. The Kier molecular flexibility index (Phi) is 12.8. The van der Waals surface area contributed by atoms with Crippen molar-refractivity contribution in [2.24, 2.45) is 4.99 Å². The Morgan fingerprint density at radius 1 is 1.37 bits per heavy atom. The lowest BCUT2D eigenvalue weighted by atomic mass is 10.2. The lowest BCUT2D eigenvalue weighted by molar-refractivity contribution is 0.269. The summed E-state index contributed by atoms with van der Waals surface area (Å²) in [5.74, 6) is 1.77. The molecular weight excluding hydrogens is 513 g/mol. The Labute approximate surface area is 204 Å². The van der Waals surface area contributed by atoms with Gasteiger partial charge in [-0.2, -0.15) is 0 Å². The second kappa shape index (κ2) is 14.2. The topological polar surface area (TPSA) is 52.1 Å². The minimum Gasteiger partial charge on any atom is -0.495 e. The molecule has 0 aliphatic carbocycles. The molecule has 2 N–H and O–H groups in total. The van der Waals surface area contributed by atoms with Crippen LogP contribution in [0.25, 0.3) is 0 Å². The van der Waals surface area contributed by atoms with E-state index in [0.717, 1.165) is 68.0 Å². The van der Waals surface area contributed by atoms with Crippen LogP contribution in [-0.4, -0.2) is 69.8 Å². The summed E-state index contributed by atoms with van der Waals surface area (Å²) in [5.41, 5.74) is 1.06. The van der Waals surface area contributed by atoms with Crippen LogP contribution in [0.3, 0.4) is 0 Å².